The van der Waals surface area contributed by atoms with Gasteiger partial charge in [0.1, 0.15) is 12.1 Å². The molecular weight excluding hydrogens is 542 g/mol. The van der Waals surface area contributed by atoms with Crippen molar-refractivity contribution in [3.05, 3.63) is 36.2 Å². The molecule has 3 aromatic rings. The summed E-state index contributed by atoms with van der Waals surface area (Å²) in [6.45, 7) is 4.01. The second-order valence-electron chi connectivity index (χ2n) is 8.97. The summed E-state index contributed by atoms with van der Waals surface area (Å²) in [5.41, 5.74) is 2.40. The van der Waals surface area contributed by atoms with Crippen molar-refractivity contribution in [2.75, 3.05) is 44.2 Å². The van der Waals surface area contributed by atoms with E-state index in [0.29, 0.717) is 61.5 Å². The lowest BCUT2D eigenvalue weighted by molar-refractivity contribution is -0.125. The van der Waals surface area contributed by atoms with Gasteiger partial charge < -0.3 is 29.6 Å². The van der Waals surface area contributed by atoms with Crippen molar-refractivity contribution in [2.24, 2.45) is 0 Å². The summed E-state index contributed by atoms with van der Waals surface area (Å²) in [7, 11) is 1.92. The second-order valence-corrected chi connectivity index (χ2v) is 9.76. The van der Waals surface area contributed by atoms with Gasteiger partial charge in [-0.3, -0.25) is 9.69 Å². The van der Waals surface area contributed by atoms with Crippen LogP contribution in [0.3, 0.4) is 0 Å². The Kier molecular flexibility index (Phi) is 7.80. The van der Waals surface area contributed by atoms with Crippen LogP contribution in [-0.4, -0.2) is 65.7 Å². The molecular formula is C26H30BrN5O5. The number of halogens is 1. The molecule has 2 bridgehead atoms. The van der Waals surface area contributed by atoms with E-state index >= 15 is 0 Å². The first-order valence-corrected chi connectivity index (χ1v) is 13.4. The van der Waals surface area contributed by atoms with E-state index in [4.69, 9.17) is 18.9 Å². The zero-order chi connectivity index (χ0) is 25.8. The molecule has 37 heavy (non-hydrogen) atoms. The first-order chi connectivity index (χ1) is 18.0. The molecule has 11 heteroatoms. The number of nitrogens with zero attached hydrogens (tertiary/aromatic N) is 3. The predicted molar refractivity (Wildman–Crippen MR) is 143 cm³/mol. The lowest BCUT2D eigenvalue weighted by atomic mass is 10.1. The maximum absolute atomic E-state index is 12.8. The molecule has 196 valence electrons. The van der Waals surface area contributed by atoms with E-state index in [9.17, 15) is 4.79 Å². The van der Waals surface area contributed by atoms with Crippen molar-refractivity contribution in [3.8, 4) is 23.0 Å². The van der Waals surface area contributed by atoms with Crippen LogP contribution in [0.5, 0.6) is 23.0 Å². The predicted octanol–water partition coefficient (Wildman–Crippen LogP) is 3.98. The number of benzene rings is 2. The Bertz CT molecular complexity index is 1290. The molecule has 0 fully saturated rings. The van der Waals surface area contributed by atoms with Crippen molar-refractivity contribution in [1.82, 2.24) is 20.2 Å². The van der Waals surface area contributed by atoms with Gasteiger partial charge in [0.2, 0.25) is 12.7 Å². The molecule has 2 aromatic carbocycles. The normalized spacial score (nSPS) is 18.1. The van der Waals surface area contributed by atoms with Gasteiger partial charge in [0.25, 0.3) is 0 Å². The van der Waals surface area contributed by atoms with Crippen LogP contribution in [0.25, 0.3) is 10.9 Å². The number of nitrogens with one attached hydrogen (secondary N) is 2. The molecule has 0 saturated heterocycles. The average molecular weight is 572 g/mol. The molecule has 0 aliphatic carbocycles. The Balaban J connectivity index is 1.60. The number of rotatable bonds is 4. The van der Waals surface area contributed by atoms with Gasteiger partial charge in [-0.25, -0.2) is 9.97 Å². The number of likely N-dealkylation sites (N-methyl/N-ethyl adjacent to an activating group) is 1. The summed E-state index contributed by atoms with van der Waals surface area (Å²) in [6.07, 6.45) is 3.03. The molecule has 1 aromatic heterocycles. The standard InChI is InChI=1S/C26H30BrN5O5/c1-16-26(33)28-8-4-10-35-21-11-18-19(12-22(21)34-9-3-7-27)29-14-30-25(18)31-23-17(13-32(16)2)5-6-20-24(23)37-15-36-20/h5-6,11-12,14,16H,3-4,7-10,13,15H2,1-2H3,(H,28,33)(H,29,30,31)/t16-/m0/s1. The average Bonchev–Trinajstić information content (AvgIpc) is 3.38. The van der Waals surface area contributed by atoms with E-state index in [1.54, 1.807) is 0 Å². The number of ether oxygens (including phenoxy) is 4. The van der Waals surface area contributed by atoms with Gasteiger partial charge in [0, 0.05) is 29.9 Å². The molecule has 0 radical (unpaired) electrons. The fraction of sp³-hybridized carbons (Fsp3) is 0.423. The van der Waals surface area contributed by atoms with Crippen molar-refractivity contribution in [3.63, 3.8) is 0 Å². The molecule has 0 saturated carbocycles. The Morgan fingerprint density at radius 1 is 1.19 bits per heavy atom. The zero-order valence-electron chi connectivity index (χ0n) is 20.9. The minimum absolute atomic E-state index is 0.0388. The summed E-state index contributed by atoms with van der Waals surface area (Å²) in [4.78, 5) is 23.8. The number of anilines is 2. The maximum Gasteiger partial charge on any atom is 0.237 e. The van der Waals surface area contributed by atoms with Gasteiger partial charge in [-0.15, -0.1) is 0 Å². The highest BCUT2D eigenvalue weighted by molar-refractivity contribution is 9.09. The monoisotopic (exact) mass is 571 g/mol. The fourth-order valence-corrected chi connectivity index (χ4v) is 4.47. The minimum atomic E-state index is -0.333. The van der Waals surface area contributed by atoms with Crippen LogP contribution in [0.1, 0.15) is 25.3 Å². The third kappa shape index (κ3) is 5.52. The third-order valence-corrected chi connectivity index (χ3v) is 7.00. The molecule has 3 heterocycles. The van der Waals surface area contributed by atoms with Gasteiger partial charge in [0.15, 0.2) is 23.0 Å². The Hall–Kier alpha value is -3.31. The van der Waals surface area contributed by atoms with Crippen LogP contribution in [0.4, 0.5) is 11.5 Å². The van der Waals surface area contributed by atoms with E-state index < -0.39 is 0 Å². The van der Waals surface area contributed by atoms with Crippen LogP contribution in [0.15, 0.2) is 30.6 Å². The summed E-state index contributed by atoms with van der Waals surface area (Å²) in [5, 5.41) is 8.11. The number of fused-ring (bicyclic) bond motifs is 4. The number of carbonyl (C=O) groups is 1. The number of amides is 1. The molecule has 0 spiro atoms. The molecule has 2 aliphatic heterocycles. The smallest absolute Gasteiger partial charge is 0.237 e. The van der Waals surface area contributed by atoms with Gasteiger partial charge in [0.05, 0.1) is 30.5 Å². The maximum atomic E-state index is 12.8. The highest BCUT2D eigenvalue weighted by atomic mass is 79.9. The lowest BCUT2D eigenvalue weighted by Crippen LogP contribution is -2.43. The second kappa shape index (κ2) is 11.4. The summed E-state index contributed by atoms with van der Waals surface area (Å²) in [5.74, 6) is 3.05. The van der Waals surface area contributed by atoms with Crippen molar-refractivity contribution < 1.29 is 23.7 Å². The molecule has 1 atom stereocenters. The zero-order valence-corrected chi connectivity index (χ0v) is 22.5. The highest BCUT2D eigenvalue weighted by Gasteiger charge is 2.25. The van der Waals surface area contributed by atoms with Crippen molar-refractivity contribution in [1.29, 1.82) is 0 Å². The minimum Gasteiger partial charge on any atom is -0.490 e. The first kappa shape index (κ1) is 25.3. The van der Waals surface area contributed by atoms with E-state index in [1.165, 1.54) is 6.33 Å². The van der Waals surface area contributed by atoms with Crippen LogP contribution < -0.4 is 29.6 Å². The molecule has 5 rings (SSSR count). The van der Waals surface area contributed by atoms with Crippen LogP contribution in [0.2, 0.25) is 0 Å². The van der Waals surface area contributed by atoms with E-state index in [-0.39, 0.29) is 18.7 Å². The van der Waals surface area contributed by atoms with Crippen molar-refractivity contribution in [2.45, 2.75) is 32.4 Å². The summed E-state index contributed by atoms with van der Waals surface area (Å²) < 4.78 is 23.6. The first-order valence-electron chi connectivity index (χ1n) is 12.3. The van der Waals surface area contributed by atoms with E-state index in [1.807, 2.05) is 43.1 Å². The largest absolute Gasteiger partial charge is 0.490 e. The quantitative estimate of drug-likeness (QED) is 0.355. The Morgan fingerprint density at radius 2 is 2.08 bits per heavy atom. The molecule has 10 nitrogen and oxygen atoms in total. The van der Waals surface area contributed by atoms with E-state index in [0.717, 1.165) is 33.9 Å². The van der Waals surface area contributed by atoms with Gasteiger partial charge in [-0.2, -0.15) is 0 Å². The van der Waals surface area contributed by atoms with Gasteiger partial charge in [-0.1, -0.05) is 22.0 Å². The van der Waals surface area contributed by atoms with Crippen LogP contribution in [-0.2, 0) is 11.3 Å². The molecule has 2 N–H and O–H groups in total. The highest BCUT2D eigenvalue weighted by Crippen LogP contribution is 2.44. The van der Waals surface area contributed by atoms with Crippen molar-refractivity contribution >= 4 is 44.2 Å². The van der Waals surface area contributed by atoms with Crippen LogP contribution in [0, 0.1) is 0 Å². The number of hydrogen-bond donors (Lipinski definition) is 2. The number of hydrogen-bond acceptors (Lipinski definition) is 9. The molecule has 2 aliphatic rings. The molecule has 0 unspecified atom stereocenters. The third-order valence-electron chi connectivity index (χ3n) is 6.44. The number of aromatic nitrogens is 2. The fourth-order valence-electron chi connectivity index (χ4n) is 4.25. The molecule has 1 amide bonds. The van der Waals surface area contributed by atoms with Gasteiger partial charge >= 0.3 is 0 Å². The Morgan fingerprint density at radius 3 is 2.95 bits per heavy atom. The Labute approximate surface area is 223 Å². The summed E-state index contributed by atoms with van der Waals surface area (Å²) >= 11 is 3.44. The van der Waals surface area contributed by atoms with Gasteiger partial charge in [-0.05, 0) is 44.5 Å². The number of alkyl halides is 1. The lowest BCUT2D eigenvalue weighted by Gasteiger charge is -2.26. The summed E-state index contributed by atoms with van der Waals surface area (Å²) in [6, 6.07) is 7.32. The topological polar surface area (TPSA) is 107 Å². The number of carbonyl (C=O) groups excluding carboxylic acids is 1. The SMILES string of the molecule is C[C@H]1C(=O)NCCCOc2cc3c(ncnc3cc2OCCCBr)Nc2c(ccc3c2OCO3)CN1C. The van der Waals surface area contributed by atoms with E-state index in [2.05, 4.69) is 36.5 Å². The van der Waals surface area contributed by atoms with Crippen LogP contribution >= 0.6 is 15.9 Å².